The molecule has 0 aliphatic carbocycles. The molecule has 3 rings (SSSR count). The molecule has 0 N–H and O–H groups in total. The quantitative estimate of drug-likeness (QED) is 0.506. The van der Waals surface area contributed by atoms with Crippen molar-refractivity contribution in [2.45, 2.75) is 70.6 Å². The molecule has 0 radical (unpaired) electrons. The summed E-state index contributed by atoms with van der Waals surface area (Å²) in [6, 6.07) is 17.0. The highest BCUT2D eigenvalue weighted by Gasteiger charge is 2.27. The zero-order valence-corrected chi connectivity index (χ0v) is 19.9. The van der Waals surface area contributed by atoms with E-state index in [0.717, 1.165) is 37.9 Å². The van der Waals surface area contributed by atoms with Gasteiger partial charge in [0, 0.05) is 31.6 Å². The molecule has 2 aromatic rings. The lowest BCUT2D eigenvalue weighted by Crippen LogP contribution is -2.30. The van der Waals surface area contributed by atoms with Crippen LogP contribution in [0.5, 0.6) is 0 Å². The van der Waals surface area contributed by atoms with E-state index >= 15 is 0 Å². The molecular weight excluding hydrogens is 406 g/mol. The number of fused-ring (bicyclic) bond motifs is 1. The van der Waals surface area contributed by atoms with Crippen molar-refractivity contribution in [1.29, 1.82) is 0 Å². The lowest BCUT2D eigenvalue weighted by molar-refractivity contribution is -0.118. The Labute approximate surface area is 187 Å². The van der Waals surface area contributed by atoms with Gasteiger partial charge in [-0.3, -0.25) is 4.79 Å². The van der Waals surface area contributed by atoms with E-state index < -0.39 is 14.6 Å². The highest BCUT2D eigenvalue weighted by molar-refractivity contribution is 7.92. The van der Waals surface area contributed by atoms with E-state index in [0.29, 0.717) is 19.3 Å². The molecule has 0 spiro atoms. The van der Waals surface area contributed by atoms with Gasteiger partial charge in [0.05, 0.1) is 10.5 Å². The number of anilines is 1. The summed E-state index contributed by atoms with van der Waals surface area (Å²) in [5.41, 5.74) is 5.08. The van der Waals surface area contributed by atoms with Crippen molar-refractivity contribution in [3.63, 3.8) is 0 Å². The van der Waals surface area contributed by atoms with Crippen LogP contribution in [0.15, 0.2) is 48.5 Å². The van der Waals surface area contributed by atoms with E-state index in [4.69, 9.17) is 0 Å². The van der Waals surface area contributed by atoms with Gasteiger partial charge in [-0.2, -0.15) is 0 Å². The van der Waals surface area contributed by atoms with Crippen LogP contribution >= 0.6 is 0 Å². The summed E-state index contributed by atoms with van der Waals surface area (Å²) >= 11 is 0. The Bertz CT molecular complexity index is 988. The number of carbonyl (C=O) groups is 1. The van der Waals surface area contributed by atoms with Gasteiger partial charge in [0.2, 0.25) is 0 Å². The molecule has 0 fully saturated rings. The molecule has 0 aromatic heterocycles. The normalized spacial score (nSPS) is 14.4. The average Bonchev–Trinajstić information content (AvgIpc) is 2.73. The molecule has 0 saturated heterocycles. The number of Topliss-reactive ketones (excluding diaryl/α,β-unsaturated/α-hetero) is 1. The van der Waals surface area contributed by atoms with Crippen LogP contribution in [0.4, 0.5) is 5.69 Å². The van der Waals surface area contributed by atoms with Crippen LogP contribution in [0, 0.1) is 0 Å². The smallest absolute Gasteiger partial charge is 0.155 e. The number of hydrogen-bond acceptors (Lipinski definition) is 4. The first kappa shape index (κ1) is 23.5. The Kier molecular flexibility index (Phi) is 7.58. The number of rotatable bonds is 9. The Morgan fingerprint density at radius 2 is 1.61 bits per heavy atom. The summed E-state index contributed by atoms with van der Waals surface area (Å²) in [4.78, 5) is 14.7. The monoisotopic (exact) mass is 441 g/mol. The van der Waals surface area contributed by atoms with Gasteiger partial charge in [0.1, 0.15) is 5.78 Å². The van der Waals surface area contributed by atoms with E-state index in [1.54, 1.807) is 20.8 Å². The number of benzene rings is 2. The van der Waals surface area contributed by atoms with Crippen LogP contribution in [-0.2, 0) is 34.0 Å². The molecule has 0 atom stereocenters. The molecule has 0 saturated carbocycles. The van der Waals surface area contributed by atoms with Crippen molar-refractivity contribution in [2.24, 2.45) is 0 Å². The van der Waals surface area contributed by atoms with Crippen molar-refractivity contribution in [3.05, 3.63) is 65.2 Å². The zero-order valence-electron chi connectivity index (χ0n) is 19.1. The molecular formula is C26H35NO3S. The van der Waals surface area contributed by atoms with Gasteiger partial charge < -0.3 is 4.90 Å². The van der Waals surface area contributed by atoms with Gasteiger partial charge in [0.25, 0.3) is 0 Å². The molecule has 1 aliphatic heterocycles. The van der Waals surface area contributed by atoms with Gasteiger partial charge in [-0.1, -0.05) is 42.8 Å². The number of sulfone groups is 1. The van der Waals surface area contributed by atoms with Crippen LogP contribution in [0.1, 0.15) is 63.1 Å². The molecule has 2 aromatic carbocycles. The maximum absolute atomic E-state index is 12.3. The van der Waals surface area contributed by atoms with Crippen LogP contribution in [0.25, 0.3) is 0 Å². The summed E-state index contributed by atoms with van der Waals surface area (Å²) in [6.45, 7) is 7.16. The molecule has 0 bridgehead atoms. The number of carbonyl (C=O) groups excluding carboxylic acids is 1. The fourth-order valence-electron chi connectivity index (χ4n) is 3.95. The molecule has 0 amide bonds. The van der Waals surface area contributed by atoms with E-state index in [1.807, 2.05) is 0 Å². The van der Waals surface area contributed by atoms with E-state index in [2.05, 4.69) is 53.4 Å². The minimum atomic E-state index is -3.07. The largest absolute Gasteiger partial charge is 0.367 e. The van der Waals surface area contributed by atoms with E-state index in [9.17, 15) is 13.2 Å². The van der Waals surface area contributed by atoms with Crippen molar-refractivity contribution < 1.29 is 13.2 Å². The fraction of sp³-hybridized carbons (Fsp3) is 0.500. The molecule has 1 heterocycles. The van der Waals surface area contributed by atoms with Crippen molar-refractivity contribution in [2.75, 3.05) is 17.2 Å². The topological polar surface area (TPSA) is 54.5 Å². The van der Waals surface area contributed by atoms with Crippen LogP contribution in [-0.4, -0.2) is 31.2 Å². The first-order chi connectivity index (χ1) is 14.7. The Morgan fingerprint density at radius 3 is 2.29 bits per heavy atom. The van der Waals surface area contributed by atoms with Crippen LogP contribution in [0.2, 0.25) is 0 Å². The Morgan fingerprint density at radius 1 is 0.935 bits per heavy atom. The van der Waals surface area contributed by atoms with Crippen molar-refractivity contribution in [1.82, 2.24) is 0 Å². The first-order valence-electron chi connectivity index (χ1n) is 11.3. The van der Waals surface area contributed by atoms with E-state index in [1.165, 1.54) is 16.8 Å². The number of nitrogens with zero attached hydrogens (tertiary/aromatic N) is 1. The zero-order chi connectivity index (χ0) is 22.5. The van der Waals surface area contributed by atoms with Crippen LogP contribution in [0.3, 0.4) is 0 Å². The van der Waals surface area contributed by atoms with Crippen molar-refractivity contribution in [3.8, 4) is 0 Å². The second-order valence-corrected chi connectivity index (χ2v) is 12.4. The van der Waals surface area contributed by atoms with Gasteiger partial charge in [-0.25, -0.2) is 8.42 Å². The Balaban J connectivity index is 1.41. The summed E-state index contributed by atoms with van der Waals surface area (Å²) in [5.74, 6) is 0.422. The summed E-state index contributed by atoms with van der Waals surface area (Å²) < 4.78 is 23.5. The highest BCUT2D eigenvalue weighted by atomic mass is 32.2. The highest BCUT2D eigenvalue weighted by Crippen LogP contribution is 2.25. The Hall–Kier alpha value is -2.14. The molecule has 4 nitrogen and oxygen atoms in total. The molecule has 5 heteroatoms. The summed E-state index contributed by atoms with van der Waals surface area (Å²) in [7, 11) is -3.07. The third-order valence-electron chi connectivity index (χ3n) is 6.14. The minimum absolute atomic E-state index is 0.202. The molecule has 31 heavy (non-hydrogen) atoms. The van der Waals surface area contributed by atoms with Crippen LogP contribution < -0.4 is 4.90 Å². The molecule has 168 valence electrons. The van der Waals surface area contributed by atoms with Gasteiger partial charge in [-0.15, -0.1) is 0 Å². The SMILES string of the molecule is CC(C)(C)S(=O)(=O)CCCCCC(=O)Cc1ccc(N2CCc3ccccc3C2)cc1. The molecule has 0 unspecified atom stereocenters. The summed E-state index contributed by atoms with van der Waals surface area (Å²) in [5, 5.41) is 0. The fourth-order valence-corrected chi connectivity index (χ4v) is 5.15. The molecule has 1 aliphatic rings. The lowest BCUT2D eigenvalue weighted by Gasteiger charge is -2.30. The average molecular weight is 442 g/mol. The number of unbranched alkanes of at least 4 members (excludes halogenated alkanes) is 2. The van der Waals surface area contributed by atoms with Gasteiger partial charge in [-0.05, 0) is 68.9 Å². The second kappa shape index (κ2) is 9.99. The minimum Gasteiger partial charge on any atom is -0.367 e. The summed E-state index contributed by atoms with van der Waals surface area (Å²) in [6.07, 6.45) is 4.18. The number of ketones is 1. The van der Waals surface area contributed by atoms with E-state index in [-0.39, 0.29) is 11.5 Å². The third-order valence-corrected chi connectivity index (χ3v) is 8.83. The second-order valence-electron chi connectivity index (χ2n) is 9.56. The standard InChI is InChI=1S/C26H35NO3S/c1-26(2,3)31(29,30)18-8-4-5-11-25(28)19-21-12-14-24(15-13-21)27-17-16-22-9-6-7-10-23(22)20-27/h6-7,9-10,12-15H,4-5,8,11,16-20H2,1-3H3. The number of hydrogen-bond donors (Lipinski definition) is 0. The third kappa shape index (κ3) is 6.42. The lowest BCUT2D eigenvalue weighted by atomic mass is 9.99. The maximum atomic E-state index is 12.3. The first-order valence-corrected chi connectivity index (χ1v) is 13.0. The van der Waals surface area contributed by atoms with Crippen molar-refractivity contribution >= 4 is 21.3 Å². The predicted octanol–water partition coefficient (Wildman–Crippen LogP) is 5.13. The maximum Gasteiger partial charge on any atom is 0.155 e. The van der Waals surface area contributed by atoms with Gasteiger partial charge in [0.15, 0.2) is 9.84 Å². The van der Waals surface area contributed by atoms with Gasteiger partial charge >= 0.3 is 0 Å². The predicted molar refractivity (Wildman–Crippen MR) is 128 cm³/mol.